The van der Waals surface area contributed by atoms with E-state index in [4.69, 9.17) is 5.73 Å². The van der Waals surface area contributed by atoms with Gasteiger partial charge in [0.2, 0.25) is 0 Å². The van der Waals surface area contributed by atoms with Crippen LogP contribution in [0.15, 0.2) is 22.7 Å². The molecule has 94 valence electrons. The van der Waals surface area contributed by atoms with Gasteiger partial charge in [0, 0.05) is 23.2 Å². The van der Waals surface area contributed by atoms with E-state index < -0.39 is 5.60 Å². The predicted octanol–water partition coefficient (Wildman–Crippen LogP) is 2.38. The molecule has 3 nitrogen and oxygen atoms in total. The number of nitrogens with zero attached hydrogens (tertiary/aromatic N) is 1. The Bertz CT molecular complexity index is 406. The molecule has 1 aliphatic rings. The Morgan fingerprint density at radius 1 is 1.53 bits per heavy atom. The van der Waals surface area contributed by atoms with Crippen LogP contribution in [0.4, 0.5) is 5.69 Å². The van der Waals surface area contributed by atoms with Gasteiger partial charge in [-0.1, -0.05) is 6.07 Å². The molecule has 1 unspecified atom stereocenters. The van der Waals surface area contributed by atoms with Gasteiger partial charge in [-0.05, 0) is 59.9 Å². The van der Waals surface area contributed by atoms with Gasteiger partial charge < -0.3 is 10.8 Å². The van der Waals surface area contributed by atoms with Gasteiger partial charge in [0.25, 0.3) is 0 Å². The molecule has 1 aromatic rings. The van der Waals surface area contributed by atoms with Crippen molar-refractivity contribution in [1.82, 2.24) is 4.90 Å². The Labute approximate surface area is 111 Å². The van der Waals surface area contributed by atoms with Crippen LogP contribution in [0.2, 0.25) is 0 Å². The fourth-order valence-corrected chi connectivity index (χ4v) is 2.65. The smallest absolute Gasteiger partial charge is 0.0746 e. The molecule has 0 spiro atoms. The Hall–Kier alpha value is -0.580. The minimum Gasteiger partial charge on any atom is -0.398 e. The Morgan fingerprint density at radius 2 is 2.29 bits per heavy atom. The standard InChI is InChI=1S/C13H19BrN2O/c1-13(17)5-2-6-16(9-13)8-10-3-4-11(14)12(15)7-10/h3-4,7,17H,2,5-6,8-9,15H2,1H3. The first-order valence-corrected chi connectivity index (χ1v) is 6.74. The number of hydrogen-bond donors (Lipinski definition) is 2. The highest BCUT2D eigenvalue weighted by atomic mass is 79.9. The maximum Gasteiger partial charge on any atom is 0.0746 e. The summed E-state index contributed by atoms with van der Waals surface area (Å²) in [5.41, 5.74) is 7.29. The zero-order valence-electron chi connectivity index (χ0n) is 10.1. The lowest BCUT2D eigenvalue weighted by Gasteiger charge is -2.36. The fraction of sp³-hybridized carbons (Fsp3) is 0.538. The molecule has 1 saturated heterocycles. The SMILES string of the molecule is CC1(O)CCCN(Cc2ccc(Br)c(N)c2)C1. The van der Waals surface area contributed by atoms with Gasteiger partial charge in [0.05, 0.1) is 5.60 Å². The molecule has 0 amide bonds. The van der Waals surface area contributed by atoms with E-state index in [2.05, 4.69) is 26.9 Å². The molecule has 0 radical (unpaired) electrons. The summed E-state index contributed by atoms with van der Waals surface area (Å²) in [5, 5.41) is 10.0. The molecule has 0 aromatic heterocycles. The van der Waals surface area contributed by atoms with Crippen LogP contribution in [0.3, 0.4) is 0 Å². The molecule has 1 heterocycles. The van der Waals surface area contributed by atoms with Crippen LogP contribution in [-0.2, 0) is 6.54 Å². The molecule has 1 atom stereocenters. The summed E-state index contributed by atoms with van der Waals surface area (Å²) in [5.74, 6) is 0. The average Bonchev–Trinajstić information content (AvgIpc) is 2.22. The molecule has 3 N–H and O–H groups in total. The molecule has 1 aromatic carbocycles. The van der Waals surface area contributed by atoms with Crippen molar-refractivity contribution in [2.24, 2.45) is 0 Å². The summed E-state index contributed by atoms with van der Waals surface area (Å²) in [4.78, 5) is 2.28. The van der Waals surface area contributed by atoms with Crippen LogP contribution >= 0.6 is 15.9 Å². The first-order valence-electron chi connectivity index (χ1n) is 5.95. The van der Waals surface area contributed by atoms with Crippen LogP contribution in [0, 0.1) is 0 Å². The molecule has 17 heavy (non-hydrogen) atoms. The Balaban J connectivity index is 2.03. The highest BCUT2D eigenvalue weighted by molar-refractivity contribution is 9.10. The second kappa shape index (κ2) is 4.96. The van der Waals surface area contributed by atoms with Gasteiger partial charge in [0.15, 0.2) is 0 Å². The largest absolute Gasteiger partial charge is 0.398 e. The summed E-state index contributed by atoms with van der Waals surface area (Å²) in [7, 11) is 0. The zero-order chi connectivity index (χ0) is 12.5. The van der Waals surface area contributed by atoms with Crippen molar-refractivity contribution in [2.75, 3.05) is 18.8 Å². The third kappa shape index (κ3) is 3.44. The first kappa shape index (κ1) is 12.9. The third-order valence-corrected chi connectivity index (χ3v) is 3.94. The molecule has 1 aliphatic heterocycles. The van der Waals surface area contributed by atoms with Crippen molar-refractivity contribution in [3.05, 3.63) is 28.2 Å². The number of β-amino-alcohol motifs (C(OH)–C–C–N with tert-alkyl or cyclic N) is 1. The van der Waals surface area contributed by atoms with Crippen LogP contribution in [0.1, 0.15) is 25.3 Å². The number of benzene rings is 1. The second-order valence-corrected chi connectivity index (χ2v) is 6.02. The first-order chi connectivity index (χ1) is 7.96. The van der Waals surface area contributed by atoms with Crippen molar-refractivity contribution < 1.29 is 5.11 Å². The van der Waals surface area contributed by atoms with Gasteiger partial charge in [-0.3, -0.25) is 4.90 Å². The number of anilines is 1. The van der Waals surface area contributed by atoms with Crippen molar-refractivity contribution in [3.63, 3.8) is 0 Å². The Morgan fingerprint density at radius 3 is 2.94 bits per heavy atom. The number of rotatable bonds is 2. The fourth-order valence-electron chi connectivity index (χ4n) is 2.41. The second-order valence-electron chi connectivity index (χ2n) is 5.17. The summed E-state index contributed by atoms with van der Waals surface area (Å²) in [6, 6.07) is 6.05. The van der Waals surface area contributed by atoms with E-state index in [-0.39, 0.29) is 0 Å². The van der Waals surface area contributed by atoms with Gasteiger partial charge in [-0.15, -0.1) is 0 Å². The normalized spacial score (nSPS) is 26.1. The molecule has 0 saturated carbocycles. The summed E-state index contributed by atoms with van der Waals surface area (Å²) in [6.07, 6.45) is 1.95. The van der Waals surface area contributed by atoms with E-state index in [0.29, 0.717) is 0 Å². The molecule has 0 bridgehead atoms. The van der Waals surface area contributed by atoms with Crippen LogP contribution in [-0.4, -0.2) is 28.7 Å². The quantitative estimate of drug-likeness (QED) is 0.824. The maximum atomic E-state index is 10.0. The van der Waals surface area contributed by atoms with E-state index >= 15 is 0 Å². The number of hydrogen-bond acceptors (Lipinski definition) is 3. The summed E-state index contributed by atoms with van der Waals surface area (Å²) < 4.78 is 0.937. The van der Waals surface area contributed by atoms with Crippen molar-refractivity contribution in [3.8, 4) is 0 Å². The zero-order valence-corrected chi connectivity index (χ0v) is 11.7. The Kier molecular flexibility index (Phi) is 3.76. The number of nitrogens with two attached hydrogens (primary N) is 1. The number of halogens is 1. The van der Waals surface area contributed by atoms with Gasteiger partial charge >= 0.3 is 0 Å². The molecular weight excluding hydrogens is 280 g/mol. The lowest BCUT2D eigenvalue weighted by atomic mass is 9.95. The molecule has 0 aliphatic carbocycles. The van der Waals surface area contributed by atoms with E-state index in [1.807, 2.05) is 19.1 Å². The van der Waals surface area contributed by atoms with Crippen LogP contribution in [0.25, 0.3) is 0 Å². The average molecular weight is 299 g/mol. The van der Waals surface area contributed by atoms with Crippen molar-refractivity contribution in [1.29, 1.82) is 0 Å². The van der Waals surface area contributed by atoms with Gasteiger partial charge in [-0.2, -0.15) is 0 Å². The molecule has 2 rings (SSSR count). The molecule has 4 heteroatoms. The minimum absolute atomic E-state index is 0.543. The monoisotopic (exact) mass is 298 g/mol. The summed E-state index contributed by atoms with van der Waals surface area (Å²) in [6.45, 7) is 4.55. The highest BCUT2D eigenvalue weighted by Gasteiger charge is 2.28. The molecule has 1 fully saturated rings. The number of likely N-dealkylation sites (tertiary alicyclic amines) is 1. The van der Waals surface area contributed by atoms with Crippen molar-refractivity contribution >= 4 is 21.6 Å². The van der Waals surface area contributed by atoms with E-state index in [9.17, 15) is 5.11 Å². The van der Waals surface area contributed by atoms with E-state index in [1.165, 1.54) is 5.56 Å². The number of nitrogen functional groups attached to an aromatic ring is 1. The number of aliphatic hydroxyl groups is 1. The van der Waals surface area contributed by atoms with E-state index in [0.717, 1.165) is 42.6 Å². The lowest BCUT2D eigenvalue weighted by molar-refractivity contribution is -0.0181. The topological polar surface area (TPSA) is 49.5 Å². The van der Waals surface area contributed by atoms with Gasteiger partial charge in [0.1, 0.15) is 0 Å². The van der Waals surface area contributed by atoms with Crippen LogP contribution < -0.4 is 5.73 Å². The predicted molar refractivity (Wildman–Crippen MR) is 73.7 cm³/mol. The number of piperidine rings is 1. The van der Waals surface area contributed by atoms with Crippen molar-refractivity contribution in [2.45, 2.75) is 31.9 Å². The lowest BCUT2D eigenvalue weighted by Crippen LogP contribution is -2.45. The van der Waals surface area contributed by atoms with Gasteiger partial charge in [-0.25, -0.2) is 0 Å². The summed E-state index contributed by atoms with van der Waals surface area (Å²) >= 11 is 3.39. The maximum absolute atomic E-state index is 10.0. The third-order valence-electron chi connectivity index (χ3n) is 3.22. The minimum atomic E-state index is -0.543. The van der Waals surface area contributed by atoms with E-state index in [1.54, 1.807) is 0 Å². The van der Waals surface area contributed by atoms with Crippen LogP contribution in [0.5, 0.6) is 0 Å². The molecular formula is C13H19BrN2O. The highest BCUT2D eigenvalue weighted by Crippen LogP contribution is 2.24.